The van der Waals surface area contributed by atoms with Gasteiger partial charge in [-0.05, 0) is 19.3 Å². The Morgan fingerprint density at radius 2 is 1.93 bits per heavy atom. The van der Waals surface area contributed by atoms with Gasteiger partial charge < -0.3 is 9.84 Å². The van der Waals surface area contributed by atoms with Crippen molar-refractivity contribution in [1.82, 2.24) is 10.3 Å². The topological polar surface area (TPSA) is 88.5 Å². The number of esters is 1. The SMILES string of the molecule is CCOC(=O)[C@H](Cc1csc(-c2ccccc2)n1)N[C@@H](CC(C)C)C(=O)O. The van der Waals surface area contributed by atoms with Crippen LogP contribution in [0, 0.1) is 5.92 Å². The Balaban J connectivity index is 2.16. The summed E-state index contributed by atoms with van der Waals surface area (Å²) in [4.78, 5) is 28.5. The predicted octanol–water partition coefficient (Wildman–Crippen LogP) is 3.37. The molecular weight excluding hydrogens is 364 g/mol. The van der Waals surface area contributed by atoms with E-state index in [1.807, 2.05) is 49.6 Å². The smallest absolute Gasteiger partial charge is 0.323 e. The highest BCUT2D eigenvalue weighted by Crippen LogP contribution is 2.24. The first-order valence-electron chi connectivity index (χ1n) is 9.06. The van der Waals surface area contributed by atoms with Crippen molar-refractivity contribution >= 4 is 23.3 Å². The molecule has 0 aliphatic heterocycles. The Morgan fingerprint density at radius 1 is 1.22 bits per heavy atom. The van der Waals surface area contributed by atoms with Crippen molar-refractivity contribution in [2.45, 2.75) is 45.7 Å². The molecule has 0 saturated heterocycles. The van der Waals surface area contributed by atoms with E-state index in [0.717, 1.165) is 16.3 Å². The first-order chi connectivity index (χ1) is 12.9. The maximum atomic E-state index is 12.4. The number of thiazole rings is 1. The number of aliphatic carboxylic acids is 1. The molecule has 2 rings (SSSR count). The van der Waals surface area contributed by atoms with Crippen molar-refractivity contribution in [2.75, 3.05) is 6.61 Å². The van der Waals surface area contributed by atoms with Gasteiger partial charge in [0, 0.05) is 17.4 Å². The molecule has 0 aliphatic carbocycles. The molecule has 27 heavy (non-hydrogen) atoms. The lowest BCUT2D eigenvalue weighted by molar-refractivity contribution is -0.147. The number of benzene rings is 1. The third-order valence-corrected chi connectivity index (χ3v) is 4.90. The van der Waals surface area contributed by atoms with Crippen LogP contribution in [0.5, 0.6) is 0 Å². The molecule has 1 aromatic heterocycles. The summed E-state index contributed by atoms with van der Waals surface area (Å²) >= 11 is 1.50. The van der Waals surface area contributed by atoms with Crippen LogP contribution in [-0.2, 0) is 20.7 Å². The molecule has 146 valence electrons. The maximum Gasteiger partial charge on any atom is 0.323 e. The average Bonchev–Trinajstić information content (AvgIpc) is 3.09. The number of nitrogens with one attached hydrogen (secondary N) is 1. The Bertz CT molecular complexity index is 745. The number of carboxylic acid groups (broad SMARTS) is 1. The maximum absolute atomic E-state index is 12.4. The van der Waals surface area contributed by atoms with Crippen molar-refractivity contribution in [1.29, 1.82) is 0 Å². The van der Waals surface area contributed by atoms with Crippen LogP contribution in [0.25, 0.3) is 10.6 Å². The normalized spacial score (nSPS) is 13.3. The Morgan fingerprint density at radius 3 is 2.52 bits per heavy atom. The van der Waals surface area contributed by atoms with Crippen molar-refractivity contribution in [3.63, 3.8) is 0 Å². The third kappa shape index (κ3) is 6.45. The van der Waals surface area contributed by atoms with E-state index in [1.54, 1.807) is 6.92 Å². The number of hydrogen-bond acceptors (Lipinski definition) is 6. The van der Waals surface area contributed by atoms with Crippen LogP contribution >= 0.6 is 11.3 Å². The van der Waals surface area contributed by atoms with Gasteiger partial charge in [0.05, 0.1) is 12.3 Å². The molecule has 1 aromatic carbocycles. The van der Waals surface area contributed by atoms with Gasteiger partial charge in [0.15, 0.2) is 0 Å². The molecule has 2 atom stereocenters. The van der Waals surface area contributed by atoms with E-state index in [9.17, 15) is 14.7 Å². The summed E-state index contributed by atoms with van der Waals surface area (Å²) in [6.07, 6.45) is 0.710. The Hall–Kier alpha value is -2.25. The number of rotatable bonds is 10. The Labute approximate surface area is 163 Å². The fourth-order valence-corrected chi connectivity index (χ4v) is 3.57. The molecule has 2 aromatic rings. The zero-order valence-corrected chi connectivity index (χ0v) is 16.7. The number of ether oxygens (including phenoxy) is 1. The van der Waals surface area contributed by atoms with E-state index >= 15 is 0 Å². The van der Waals surface area contributed by atoms with Gasteiger partial charge in [-0.1, -0.05) is 44.2 Å². The lowest BCUT2D eigenvalue weighted by atomic mass is 10.0. The molecule has 0 fully saturated rings. The van der Waals surface area contributed by atoms with E-state index in [4.69, 9.17) is 4.74 Å². The minimum Gasteiger partial charge on any atom is -0.480 e. The lowest BCUT2D eigenvalue weighted by Crippen LogP contribution is -2.49. The van der Waals surface area contributed by atoms with E-state index in [0.29, 0.717) is 6.42 Å². The molecule has 0 spiro atoms. The van der Waals surface area contributed by atoms with Crippen LogP contribution in [-0.4, -0.2) is 40.7 Å². The minimum absolute atomic E-state index is 0.186. The lowest BCUT2D eigenvalue weighted by Gasteiger charge is -2.22. The number of carbonyl (C=O) groups is 2. The molecule has 2 N–H and O–H groups in total. The van der Waals surface area contributed by atoms with Gasteiger partial charge in [0.2, 0.25) is 0 Å². The largest absolute Gasteiger partial charge is 0.480 e. The molecule has 0 saturated carbocycles. The summed E-state index contributed by atoms with van der Waals surface area (Å²) in [7, 11) is 0. The summed E-state index contributed by atoms with van der Waals surface area (Å²) in [5.41, 5.74) is 1.75. The summed E-state index contributed by atoms with van der Waals surface area (Å²) in [5.74, 6) is -1.24. The molecule has 0 unspecified atom stereocenters. The number of hydrogen-bond donors (Lipinski definition) is 2. The summed E-state index contributed by atoms with van der Waals surface area (Å²) in [6.45, 7) is 5.87. The van der Waals surface area contributed by atoms with Crippen LogP contribution in [0.4, 0.5) is 0 Å². The third-order valence-electron chi connectivity index (χ3n) is 3.96. The molecule has 0 amide bonds. The van der Waals surface area contributed by atoms with Crippen molar-refractivity contribution in [2.24, 2.45) is 5.92 Å². The van der Waals surface area contributed by atoms with Crippen LogP contribution in [0.3, 0.4) is 0 Å². The number of aromatic nitrogens is 1. The van der Waals surface area contributed by atoms with Crippen LogP contribution in [0.1, 0.15) is 32.9 Å². The summed E-state index contributed by atoms with van der Waals surface area (Å²) in [5, 5.41) is 15.2. The van der Waals surface area contributed by atoms with E-state index in [-0.39, 0.29) is 18.9 Å². The van der Waals surface area contributed by atoms with Gasteiger partial charge in [0.1, 0.15) is 17.1 Å². The number of nitrogens with zero attached hydrogens (tertiary/aromatic N) is 1. The second-order valence-electron chi connectivity index (χ2n) is 6.71. The molecule has 6 nitrogen and oxygen atoms in total. The zero-order chi connectivity index (χ0) is 19.8. The molecule has 0 radical (unpaired) electrons. The van der Waals surface area contributed by atoms with Gasteiger partial charge in [-0.25, -0.2) is 4.98 Å². The van der Waals surface area contributed by atoms with E-state index in [1.165, 1.54) is 11.3 Å². The highest BCUT2D eigenvalue weighted by molar-refractivity contribution is 7.13. The van der Waals surface area contributed by atoms with Crippen LogP contribution < -0.4 is 5.32 Å². The summed E-state index contributed by atoms with van der Waals surface area (Å²) < 4.78 is 5.13. The van der Waals surface area contributed by atoms with Gasteiger partial charge >= 0.3 is 11.9 Å². The first kappa shape index (κ1) is 21.1. The molecule has 1 heterocycles. The monoisotopic (exact) mass is 390 g/mol. The highest BCUT2D eigenvalue weighted by atomic mass is 32.1. The van der Waals surface area contributed by atoms with E-state index in [2.05, 4.69) is 10.3 Å². The summed E-state index contributed by atoms with van der Waals surface area (Å²) in [6, 6.07) is 8.23. The van der Waals surface area contributed by atoms with Crippen molar-refractivity contribution < 1.29 is 19.4 Å². The first-order valence-corrected chi connectivity index (χ1v) is 9.94. The molecular formula is C20H26N2O4S. The highest BCUT2D eigenvalue weighted by Gasteiger charge is 2.28. The van der Waals surface area contributed by atoms with Gasteiger partial charge in [-0.15, -0.1) is 11.3 Å². The second-order valence-corrected chi connectivity index (χ2v) is 7.56. The standard InChI is InChI=1S/C20H26N2O4S/c1-4-26-20(25)17(22-16(19(23)24)10-13(2)3)11-15-12-27-18(21-15)14-8-6-5-7-9-14/h5-9,12-13,16-17,22H,4,10-11H2,1-3H3,(H,23,24)/t16-,17-/m0/s1. The minimum atomic E-state index is -0.971. The zero-order valence-electron chi connectivity index (χ0n) is 15.8. The number of carboxylic acids is 1. The molecule has 7 heteroatoms. The second kappa shape index (κ2) is 10.2. The fraction of sp³-hybridized carbons (Fsp3) is 0.450. The number of carbonyl (C=O) groups excluding carboxylic acids is 1. The quantitative estimate of drug-likeness (QED) is 0.605. The van der Waals surface area contributed by atoms with E-state index < -0.39 is 24.0 Å². The van der Waals surface area contributed by atoms with Crippen LogP contribution in [0.15, 0.2) is 35.7 Å². The van der Waals surface area contributed by atoms with Gasteiger partial charge in [-0.2, -0.15) is 0 Å². The van der Waals surface area contributed by atoms with Crippen molar-refractivity contribution in [3.05, 3.63) is 41.4 Å². The fourth-order valence-electron chi connectivity index (χ4n) is 2.73. The molecule has 0 aliphatic rings. The van der Waals surface area contributed by atoms with Gasteiger partial charge in [-0.3, -0.25) is 14.9 Å². The van der Waals surface area contributed by atoms with Gasteiger partial charge in [0.25, 0.3) is 0 Å². The predicted molar refractivity (Wildman–Crippen MR) is 106 cm³/mol. The van der Waals surface area contributed by atoms with Crippen LogP contribution in [0.2, 0.25) is 0 Å². The van der Waals surface area contributed by atoms with Crippen molar-refractivity contribution in [3.8, 4) is 10.6 Å². The Kier molecular flexibility index (Phi) is 7.94. The molecule has 0 bridgehead atoms. The average molecular weight is 391 g/mol.